The van der Waals surface area contributed by atoms with Crippen molar-refractivity contribution in [2.24, 2.45) is 0 Å². The van der Waals surface area contributed by atoms with E-state index in [1.807, 2.05) is 35.4 Å². The van der Waals surface area contributed by atoms with Crippen molar-refractivity contribution in [1.29, 1.82) is 0 Å². The van der Waals surface area contributed by atoms with Crippen LogP contribution in [0.2, 0.25) is 0 Å². The lowest BCUT2D eigenvalue weighted by Gasteiger charge is -2.30. The highest BCUT2D eigenvalue weighted by Gasteiger charge is 2.33. The summed E-state index contributed by atoms with van der Waals surface area (Å²) in [5.41, 5.74) is 4.90. The molecule has 0 bridgehead atoms. The zero-order valence-electron chi connectivity index (χ0n) is 18.0. The molecular weight excluding hydrogens is 386 g/mol. The van der Waals surface area contributed by atoms with Crippen molar-refractivity contribution in [2.75, 3.05) is 26.2 Å². The fraction of sp³-hybridized carbons (Fsp3) is 0.360. The van der Waals surface area contributed by atoms with E-state index in [0.29, 0.717) is 0 Å². The molecule has 0 atom stereocenters. The molecule has 1 aromatic heterocycles. The van der Waals surface area contributed by atoms with Crippen LogP contribution in [0.1, 0.15) is 40.9 Å². The Bertz CT molecular complexity index is 1190. The number of carbonyl (C=O) groups excluding carboxylic acids is 1. The van der Waals surface area contributed by atoms with E-state index in [4.69, 9.17) is 0 Å². The average Bonchev–Trinajstić information content (AvgIpc) is 3.44. The van der Waals surface area contributed by atoms with Crippen molar-refractivity contribution >= 4 is 16.8 Å². The number of carbonyl (C=O) groups is 1. The number of amides is 1. The first kappa shape index (κ1) is 19.8. The maximum atomic E-state index is 13.2. The van der Waals surface area contributed by atoms with Crippen molar-refractivity contribution in [3.63, 3.8) is 0 Å². The summed E-state index contributed by atoms with van der Waals surface area (Å²) in [6.45, 7) is 9.11. The third-order valence-electron chi connectivity index (χ3n) is 6.36. The summed E-state index contributed by atoms with van der Waals surface area (Å²) in [6.07, 6.45) is 1.82. The predicted octanol–water partition coefficient (Wildman–Crippen LogP) is 2.75. The number of piperazine rings is 1. The van der Waals surface area contributed by atoms with Gasteiger partial charge in [-0.25, -0.2) is 0 Å². The van der Waals surface area contributed by atoms with Gasteiger partial charge in [-0.15, -0.1) is 0 Å². The number of aromatic amines is 1. The Hall–Kier alpha value is -3.14. The smallest absolute Gasteiger partial charge is 0.254 e. The SMILES string of the molecule is CC(C)(C#Cc1ccc2[nH]ncc2c1)N1Cc2cccc(C(=O)N3CCNCC3)c2C1. The molecule has 6 nitrogen and oxygen atoms in total. The fourth-order valence-electron chi connectivity index (χ4n) is 4.38. The van der Waals surface area contributed by atoms with E-state index >= 15 is 0 Å². The van der Waals surface area contributed by atoms with Crippen LogP contribution in [0.3, 0.4) is 0 Å². The first-order valence-corrected chi connectivity index (χ1v) is 10.8. The third-order valence-corrected chi connectivity index (χ3v) is 6.36. The number of aromatic nitrogens is 2. The second kappa shape index (κ2) is 7.84. The highest BCUT2D eigenvalue weighted by molar-refractivity contribution is 5.96. The van der Waals surface area contributed by atoms with E-state index in [2.05, 4.69) is 58.2 Å². The van der Waals surface area contributed by atoms with Gasteiger partial charge in [0.15, 0.2) is 0 Å². The average molecular weight is 414 g/mol. The zero-order valence-corrected chi connectivity index (χ0v) is 18.0. The van der Waals surface area contributed by atoms with Gasteiger partial charge in [-0.3, -0.25) is 14.8 Å². The molecule has 31 heavy (non-hydrogen) atoms. The van der Waals surface area contributed by atoms with Crippen LogP contribution in [0, 0.1) is 11.8 Å². The number of fused-ring (bicyclic) bond motifs is 2. The van der Waals surface area contributed by atoms with Crippen LogP contribution in [-0.4, -0.2) is 57.6 Å². The highest BCUT2D eigenvalue weighted by atomic mass is 16.2. The molecular formula is C25H27N5O. The molecule has 2 N–H and O–H groups in total. The molecule has 0 radical (unpaired) electrons. The van der Waals surface area contributed by atoms with Crippen molar-refractivity contribution in [2.45, 2.75) is 32.5 Å². The van der Waals surface area contributed by atoms with E-state index in [1.165, 1.54) is 5.56 Å². The van der Waals surface area contributed by atoms with Crippen LogP contribution in [0.15, 0.2) is 42.6 Å². The van der Waals surface area contributed by atoms with Gasteiger partial charge in [0.25, 0.3) is 5.91 Å². The number of hydrogen-bond donors (Lipinski definition) is 2. The Labute approximate surface area is 182 Å². The summed E-state index contributed by atoms with van der Waals surface area (Å²) >= 11 is 0. The molecule has 6 heteroatoms. The minimum Gasteiger partial charge on any atom is -0.336 e. The quantitative estimate of drug-likeness (QED) is 0.634. The van der Waals surface area contributed by atoms with Crippen molar-refractivity contribution in [1.82, 2.24) is 25.3 Å². The Kier molecular flexibility index (Phi) is 5.01. The molecule has 0 saturated carbocycles. The molecule has 3 heterocycles. The molecule has 1 saturated heterocycles. The van der Waals surface area contributed by atoms with Crippen molar-refractivity contribution in [3.05, 3.63) is 64.8 Å². The first-order chi connectivity index (χ1) is 15.0. The van der Waals surface area contributed by atoms with Gasteiger partial charge in [-0.05, 0) is 49.2 Å². The predicted molar refractivity (Wildman–Crippen MR) is 122 cm³/mol. The van der Waals surface area contributed by atoms with Crippen LogP contribution in [0.5, 0.6) is 0 Å². The molecule has 3 aromatic rings. The van der Waals surface area contributed by atoms with E-state index in [0.717, 1.165) is 66.9 Å². The molecule has 5 rings (SSSR count). The Morgan fingerprint density at radius 2 is 1.97 bits per heavy atom. The number of H-pyrrole nitrogens is 1. The van der Waals surface area contributed by atoms with Crippen LogP contribution in [0.4, 0.5) is 0 Å². The van der Waals surface area contributed by atoms with E-state index in [-0.39, 0.29) is 11.4 Å². The zero-order chi connectivity index (χ0) is 21.4. The summed E-state index contributed by atoms with van der Waals surface area (Å²) < 4.78 is 0. The molecule has 0 unspecified atom stereocenters. The van der Waals surface area contributed by atoms with Gasteiger partial charge in [-0.1, -0.05) is 24.0 Å². The van der Waals surface area contributed by atoms with Crippen LogP contribution < -0.4 is 5.32 Å². The lowest BCUT2D eigenvalue weighted by molar-refractivity contribution is 0.0733. The lowest BCUT2D eigenvalue weighted by Crippen LogP contribution is -2.46. The van der Waals surface area contributed by atoms with Crippen LogP contribution >= 0.6 is 0 Å². The van der Waals surface area contributed by atoms with Gasteiger partial charge in [0.2, 0.25) is 0 Å². The highest BCUT2D eigenvalue weighted by Crippen LogP contribution is 2.32. The topological polar surface area (TPSA) is 64.3 Å². The minimum atomic E-state index is -0.320. The standard InChI is InChI=1S/C25H27N5O/c1-25(2,9-8-18-6-7-23-20(14-18)15-27-28-23)30-16-19-4-3-5-21(22(19)17-30)24(31)29-12-10-26-11-13-29/h3-7,14-15,26H,10-13,16-17H2,1-2H3,(H,27,28). The molecule has 0 aliphatic carbocycles. The van der Waals surface area contributed by atoms with Gasteiger partial charge >= 0.3 is 0 Å². The van der Waals surface area contributed by atoms with Gasteiger partial charge in [0, 0.05) is 55.8 Å². The number of nitrogens with one attached hydrogen (secondary N) is 2. The Morgan fingerprint density at radius 1 is 1.13 bits per heavy atom. The lowest BCUT2D eigenvalue weighted by atomic mass is 10.0. The maximum Gasteiger partial charge on any atom is 0.254 e. The fourth-order valence-corrected chi connectivity index (χ4v) is 4.38. The first-order valence-electron chi connectivity index (χ1n) is 10.8. The molecule has 2 aliphatic rings. The summed E-state index contributed by atoms with van der Waals surface area (Å²) in [6, 6.07) is 12.2. The van der Waals surface area contributed by atoms with E-state index < -0.39 is 0 Å². The van der Waals surface area contributed by atoms with E-state index in [1.54, 1.807) is 0 Å². The maximum absolute atomic E-state index is 13.2. The normalized spacial score (nSPS) is 16.8. The second-order valence-corrected chi connectivity index (χ2v) is 8.82. The number of nitrogens with zero attached hydrogens (tertiary/aromatic N) is 3. The molecule has 2 aliphatic heterocycles. The minimum absolute atomic E-state index is 0.150. The van der Waals surface area contributed by atoms with Crippen LogP contribution in [-0.2, 0) is 13.1 Å². The van der Waals surface area contributed by atoms with Gasteiger partial charge in [0.1, 0.15) is 0 Å². The number of rotatable bonds is 2. The van der Waals surface area contributed by atoms with Gasteiger partial charge < -0.3 is 10.2 Å². The monoisotopic (exact) mass is 413 g/mol. The molecule has 0 spiro atoms. The van der Waals surface area contributed by atoms with Crippen molar-refractivity contribution in [3.8, 4) is 11.8 Å². The van der Waals surface area contributed by atoms with Crippen molar-refractivity contribution < 1.29 is 4.79 Å². The summed E-state index contributed by atoms with van der Waals surface area (Å²) in [5, 5.41) is 11.4. The largest absolute Gasteiger partial charge is 0.336 e. The summed E-state index contributed by atoms with van der Waals surface area (Å²) in [5.74, 6) is 6.96. The number of hydrogen-bond acceptors (Lipinski definition) is 4. The third kappa shape index (κ3) is 3.83. The van der Waals surface area contributed by atoms with Crippen LogP contribution in [0.25, 0.3) is 10.9 Å². The summed E-state index contributed by atoms with van der Waals surface area (Å²) in [4.78, 5) is 17.5. The van der Waals surface area contributed by atoms with E-state index in [9.17, 15) is 4.79 Å². The summed E-state index contributed by atoms with van der Waals surface area (Å²) in [7, 11) is 0. The molecule has 158 valence electrons. The Morgan fingerprint density at radius 3 is 2.81 bits per heavy atom. The van der Waals surface area contributed by atoms with Gasteiger partial charge in [-0.2, -0.15) is 5.10 Å². The Balaban J connectivity index is 1.37. The molecule has 1 amide bonds. The second-order valence-electron chi connectivity index (χ2n) is 8.82. The van der Waals surface area contributed by atoms with Gasteiger partial charge in [0.05, 0.1) is 17.3 Å². The number of benzene rings is 2. The molecule has 2 aromatic carbocycles. The molecule has 1 fully saturated rings.